The Bertz CT molecular complexity index is 2370. The number of nitrogens with one attached hydrogen (secondary N) is 1. The Morgan fingerprint density at radius 3 is 2.09 bits per heavy atom. The number of phenolic OH excluding ortho intramolecular Hbond substituents is 1. The number of phenols is 1. The number of hydrogen-bond donors (Lipinski definition) is 2. The van der Waals surface area contributed by atoms with E-state index in [9.17, 15) is 19.5 Å². The molecule has 6 unspecified atom stereocenters. The highest BCUT2D eigenvalue weighted by molar-refractivity contribution is 6.36. The zero-order chi connectivity index (χ0) is 40.5. The van der Waals surface area contributed by atoms with Crippen LogP contribution in [-0.4, -0.2) is 60.9 Å². The van der Waals surface area contributed by atoms with Gasteiger partial charge in [-0.1, -0.05) is 47.0 Å². The van der Waals surface area contributed by atoms with Crippen LogP contribution >= 0.6 is 23.2 Å². The number of Topliss-reactive ketones (excluding diaryl/α,β-unsaturated/α-hetero) is 1. The molecule has 8 rings (SSSR count). The summed E-state index contributed by atoms with van der Waals surface area (Å²) in [5.41, 5.74) is 4.01. The van der Waals surface area contributed by atoms with Gasteiger partial charge in [-0.15, -0.1) is 0 Å². The van der Waals surface area contributed by atoms with Gasteiger partial charge in [0.15, 0.2) is 17.3 Å². The zero-order valence-corrected chi connectivity index (χ0v) is 32.8. The molecule has 1 saturated carbocycles. The Balaban J connectivity index is 1.34. The smallest absolute Gasteiger partial charge is 0.260 e. The molecule has 292 valence electrons. The SMILES string of the molecule is COc1ccc(C23C(=O)N(Nc4ccc(Cl)cc4Cl)C(=O)C2CC2C(=CCC4C(=O)N(c5ccc(C(C)=O)cc5)C(=O)C42)C3c2cc(OC)c(O)c(OC)c2)cc1. The molecule has 2 N–H and O–H groups in total. The van der Waals surface area contributed by atoms with Crippen LogP contribution in [0.5, 0.6) is 23.0 Å². The number of anilines is 2. The van der Waals surface area contributed by atoms with Crippen LogP contribution in [0.3, 0.4) is 0 Å². The first-order valence-corrected chi connectivity index (χ1v) is 19.0. The van der Waals surface area contributed by atoms with Crippen LogP contribution in [0.4, 0.5) is 11.4 Å². The summed E-state index contributed by atoms with van der Waals surface area (Å²) in [6, 6.07) is 21.1. The molecule has 4 amide bonds. The van der Waals surface area contributed by atoms with Gasteiger partial charge in [-0.2, -0.15) is 5.01 Å². The lowest BCUT2D eigenvalue weighted by atomic mass is 9.49. The van der Waals surface area contributed by atoms with Gasteiger partial charge in [0.2, 0.25) is 17.6 Å². The van der Waals surface area contributed by atoms with Crippen LogP contribution in [0, 0.1) is 23.7 Å². The molecule has 0 radical (unpaired) electrons. The standard InChI is InChI=1S/C43H37Cl2N3O9/c1-21(49)22-5-10-26(11-6-22)47-39(51)29-15-14-28-30(36(29)41(47)53)20-31-40(52)48(46-33-16-9-25(44)19-32(33)45)42(54)43(31,24-7-12-27(55-2)13-8-24)37(28)23-17-34(56-3)38(50)35(18-23)57-4/h5-14,16-19,29-31,36-37,46,50H,15,20H2,1-4H3. The first kappa shape index (κ1) is 38.0. The van der Waals surface area contributed by atoms with Gasteiger partial charge in [-0.3, -0.25) is 34.3 Å². The van der Waals surface area contributed by atoms with Crippen molar-refractivity contribution in [3.8, 4) is 23.0 Å². The molecule has 57 heavy (non-hydrogen) atoms. The van der Waals surface area contributed by atoms with E-state index in [0.717, 1.165) is 5.01 Å². The Morgan fingerprint density at radius 1 is 0.825 bits per heavy atom. The lowest BCUT2D eigenvalue weighted by molar-refractivity contribution is -0.138. The first-order chi connectivity index (χ1) is 27.3. The normalized spacial score (nSPS) is 25.1. The number of methoxy groups -OCH3 is 3. The third-order valence-corrected chi connectivity index (χ3v) is 12.5. The lowest BCUT2D eigenvalue weighted by Crippen LogP contribution is -2.53. The molecule has 4 aromatic rings. The number of carbonyl (C=O) groups is 5. The number of benzene rings is 4. The van der Waals surface area contributed by atoms with E-state index in [4.69, 9.17) is 37.4 Å². The molecule has 3 fully saturated rings. The number of fused-ring (bicyclic) bond motifs is 4. The number of rotatable bonds is 9. The van der Waals surface area contributed by atoms with Crippen molar-refractivity contribution in [1.29, 1.82) is 0 Å². The molecule has 2 saturated heterocycles. The summed E-state index contributed by atoms with van der Waals surface area (Å²) >= 11 is 12.8. The van der Waals surface area contributed by atoms with Crippen molar-refractivity contribution >= 4 is 64.0 Å². The van der Waals surface area contributed by atoms with Crippen molar-refractivity contribution in [3.63, 3.8) is 0 Å². The quantitative estimate of drug-likeness (QED) is 0.102. The largest absolute Gasteiger partial charge is 0.502 e. The Morgan fingerprint density at radius 2 is 1.49 bits per heavy atom. The molecule has 0 spiro atoms. The fraction of sp³-hybridized carbons (Fsp3) is 0.279. The fourth-order valence-electron chi connectivity index (χ4n) is 9.40. The van der Waals surface area contributed by atoms with Gasteiger partial charge in [0, 0.05) is 16.5 Å². The van der Waals surface area contributed by atoms with Crippen molar-refractivity contribution in [3.05, 3.63) is 117 Å². The van der Waals surface area contributed by atoms with Gasteiger partial charge in [0.25, 0.3) is 11.8 Å². The monoisotopic (exact) mass is 809 g/mol. The van der Waals surface area contributed by atoms with Crippen molar-refractivity contribution < 1.29 is 43.3 Å². The van der Waals surface area contributed by atoms with Crippen LogP contribution < -0.4 is 24.5 Å². The van der Waals surface area contributed by atoms with Crippen molar-refractivity contribution in [2.24, 2.45) is 23.7 Å². The number of ketones is 1. The number of allylic oxidation sites excluding steroid dienone is 2. The van der Waals surface area contributed by atoms with Crippen LogP contribution in [0.15, 0.2) is 90.5 Å². The maximum Gasteiger partial charge on any atom is 0.260 e. The van der Waals surface area contributed by atoms with Crippen molar-refractivity contribution in [2.75, 3.05) is 31.7 Å². The molecule has 2 heterocycles. The van der Waals surface area contributed by atoms with E-state index in [-0.39, 0.29) is 52.5 Å². The van der Waals surface area contributed by atoms with Crippen molar-refractivity contribution in [1.82, 2.24) is 5.01 Å². The first-order valence-electron chi connectivity index (χ1n) is 18.2. The summed E-state index contributed by atoms with van der Waals surface area (Å²) in [5, 5.41) is 12.5. The van der Waals surface area contributed by atoms with Crippen LogP contribution in [0.2, 0.25) is 10.0 Å². The average molecular weight is 811 g/mol. The van der Waals surface area contributed by atoms with Crippen LogP contribution in [-0.2, 0) is 24.6 Å². The molecule has 0 bridgehead atoms. The van der Waals surface area contributed by atoms with Gasteiger partial charge in [0.1, 0.15) is 5.75 Å². The second-order valence-electron chi connectivity index (χ2n) is 14.6. The fourth-order valence-corrected chi connectivity index (χ4v) is 9.85. The summed E-state index contributed by atoms with van der Waals surface area (Å²) in [5.74, 6) is -6.08. The summed E-state index contributed by atoms with van der Waals surface area (Å²) in [4.78, 5) is 72.6. The highest BCUT2D eigenvalue weighted by atomic mass is 35.5. The Kier molecular flexibility index (Phi) is 9.52. The van der Waals surface area contributed by atoms with E-state index in [0.29, 0.717) is 38.7 Å². The van der Waals surface area contributed by atoms with Gasteiger partial charge < -0.3 is 19.3 Å². The summed E-state index contributed by atoms with van der Waals surface area (Å²) in [7, 11) is 4.30. The molecule has 6 atom stereocenters. The second kappa shape index (κ2) is 14.3. The maximum absolute atomic E-state index is 15.6. The van der Waals surface area contributed by atoms with Crippen LogP contribution in [0.1, 0.15) is 47.2 Å². The molecule has 2 aliphatic carbocycles. The number of aromatic hydroxyl groups is 1. The predicted molar refractivity (Wildman–Crippen MR) is 211 cm³/mol. The molecule has 12 nitrogen and oxygen atoms in total. The third kappa shape index (κ3) is 5.75. The molecular weight excluding hydrogens is 773 g/mol. The minimum atomic E-state index is -1.65. The summed E-state index contributed by atoms with van der Waals surface area (Å²) in [6.45, 7) is 1.43. The number of ether oxygens (including phenoxy) is 3. The molecule has 0 aromatic heterocycles. The van der Waals surface area contributed by atoms with E-state index in [1.807, 2.05) is 6.08 Å². The Labute approximate surface area is 337 Å². The number of hydrogen-bond acceptors (Lipinski definition) is 10. The van der Waals surface area contributed by atoms with Gasteiger partial charge >= 0.3 is 0 Å². The average Bonchev–Trinajstić information content (AvgIpc) is 3.59. The van der Waals surface area contributed by atoms with Gasteiger partial charge in [0.05, 0.1) is 60.9 Å². The van der Waals surface area contributed by atoms with E-state index in [1.54, 1.807) is 72.8 Å². The third-order valence-electron chi connectivity index (χ3n) is 11.9. The highest BCUT2D eigenvalue weighted by Gasteiger charge is 2.70. The minimum Gasteiger partial charge on any atom is -0.502 e. The van der Waals surface area contributed by atoms with Crippen LogP contribution in [0.25, 0.3) is 0 Å². The van der Waals surface area contributed by atoms with Crippen molar-refractivity contribution in [2.45, 2.75) is 31.1 Å². The van der Waals surface area contributed by atoms with Gasteiger partial charge in [-0.25, -0.2) is 0 Å². The summed E-state index contributed by atoms with van der Waals surface area (Å²) < 4.78 is 16.7. The lowest BCUT2D eigenvalue weighted by Gasteiger charge is -2.50. The predicted octanol–water partition coefficient (Wildman–Crippen LogP) is 7.12. The number of amides is 4. The number of carbonyl (C=O) groups excluding carboxylic acids is 5. The molecule has 14 heteroatoms. The van der Waals surface area contributed by atoms with E-state index in [1.165, 1.54) is 39.2 Å². The van der Waals surface area contributed by atoms with E-state index in [2.05, 4.69) is 5.43 Å². The summed E-state index contributed by atoms with van der Waals surface area (Å²) in [6.07, 6.45) is 2.14. The highest BCUT2D eigenvalue weighted by Crippen LogP contribution is 2.65. The zero-order valence-electron chi connectivity index (χ0n) is 31.2. The number of halogens is 2. The minimum absolute atomic E-state index is 0.0368. The van der Waals surface area contributed by atoms with Gasteiger partial charge in [-0.05, 0) is 104 Å². The molecule has 2 aliphatic heterocycles. The molecular formula is C43H37Cl2N3O9. The maximum atomic E-state index is 15.6. The number of hydrazine groups is 1. The molecule has 4 aliphatic rings. The Hall–Kier alpha value is -5.85. The second-order valence-corrected chi connectivity index (χ2v) is 15.4. The topological polar surface area (TPSA) is 152 Å². The molecule has 4 aromatic carbocycles. The van der Waals surface area contributed by atoms with E-state index < -0.39 is 52.7 Å². The van der Waals surface area contributed by atoms with E-state index >= 15 is 9.59 Å². The number of nitrogens with zero attached hydrogens (tertiary/aromatic N) is 2. The number of imide groups is 2.